The Labute approximate surface area is 92.0 Å². The van der Waals surface area contributed by atoms with Crippen LogP contribution in [0, 0.1) is 0 Å². The van der Waals surface area contributed by atoms with Crippen molar-refractivity contribution in [2.75, 3.05) is 13.7 Å². The molecule has 6 nitrogen and oxygen atoms in total. The number of likely N-dealkylation sites (N-methyl/N-ethyl adjacent to an activating group) is 1. The molecule has 0 aromatic heterocycles. The van der Waals surface area contributed by atoms with Gasteiger partial charge in [0.25, 0.3) is 0 Å². The van der Waals surface area contributed by atoms with E-state index in [1.165, 1.54) is 5.01 Å². The Hall–Kier alpha value is -0.980. The van der Waals surface area contributed by atoms with E-state index in [0.717, 1.165) is 12.8 Å². The van der Waals surface area contributed by atoms with Gasteiger partial charge in [0.1, 0.15) is 6.23 Å². The Morgan fingerprint density at radius 2 is 2.47 bits per heavy atom. The number of ether oxygens (including phenoxy) is 1. The first-order chi connectivity index (χ1) is 7.11. The maximum Gasteiger partial charge on any atom is 0.356 e. The number of aliphatic carboxylic acids is 1. The fourth-order valence-corrected chi connectivity index (χ4v) is 2.02. The van der Waals surface area contributed by atoms with Crippen molar-refractivity contribution >= 4 is 17.6 Å². The second-order valence-electron chi connectivity index (χ2n) is 3.42. The summed E-state index contributed by atoms with van der Waals surface area (Å²) in [5.74, 6) is -1.06. The molecule has 1 saturated heterocycles. The first-order valence-corrected chi connectivity index (χ1v) is 5.03. The third-order valence-electron chi connectivity index (χ3n) is 2.45. The summed E-state index contributed by atoms with van der Waals surface area (Å²) in [4.78, 5) is 10.9. The SMILES string of the molecule is CN1C(C(=O)O)=C(Cl)NN1C1CCCO1. The number of nitrogens with zero attached hydrogens (tertiary/aromatic N) is 2. The lowest BCUT2D eigenvalue weighted by molar-refractivity contribution is -0.148. The van der Waals surface area contributed by atoms with E-state index in [1.807, 2.05) is 0 Å². The second kappa shape index (κ2) is 3.88. The molecule has 2 rings (SSSR count). The highest BCUT2D eigenvalue weighted by Gasteiger charge is 2.36. The molecule has 0 amide bonds. The number of carboxylic acids is 1. The Balaban J connectivity index is 2.12. The molecule has 84 valence electrons. The lowest BCUT2D eigenvalue weighted by Crippen LogP contribution is -2.48. The topological polar surface area (TPSA) is 65.0 Å². The number of rotatable bonds is 2. The summed E-state index contributed by atoms with van der Waals surface area (Å²) in [5, 5.41) is 12.1. The standard InChI is InChI=1S/C8H12ClN3O3/c1-11-6(8(13)14)7(9)10-12(11)5-3-2-4-15-5/h5,10H,2-4H2,1H3,(H,13,14). The average molecular weight is 234 g/mol. The molecule has 7 heteroatoms. The van der Waals surface area contributed by atoms with Crippen molar-refractivity contribution in [2.24, 2.45) is 0 Å². The number of carbonyl (C=O) groups is 1. The van der Waals surface area contributed by atoms with Crippen LogP contribution in [0.5, 0.6) is 0 Å². The predicted molar refractivity (Wildman–Crippen MR) is 52.2 cm³/mol. The molecule has 0 aromatic rings. The molecule has 0 aliphatic carbocycles. The molecule has 2 N–H and O–H groups in total. The molecule has 1 unspecified atom stereocenters. The van der Waals surface area contributed by atoms with Gasteiger partial charge in [-0.1, -0.05) is 11.6 Å². The van der Waals surface area contributed by atoms with E-state index < -0.39 is 5.97 Å². The number of carboxylic acid groups (broad SMARTS) is 1. The molecule has 1 fully saturated rings. The molecular formula is C8H12ClN3O3. The molecule has 0 saturated carbocycles. The summed E-state index contributed by atoms with van der Waals surface area (Å²) in [6, 6.07) is 0. The molecule has 2 heterocycles. The van der Waals surface area contributed by atoms with E-state index >= 15 is 0 Å². The Morgan fingerprint density at radius 3 is 2.93 bits per heavy atom. The predicted octanol–water partition coefficient (Wildman–Crippen LogP) is 0.282. The smallest absolute Gasteiger partial charge is 0.356 e. The molecule has 0 radical (unpaired) electrons. The Morgan fingerprint density at radius 1 is 1.73 bits per heavy atom. The molecule has 0 spiro atoms. The summed E-state index contributed by atoms with van der Waals surface area (Å²) in [6.45, 7) is 0.691. The summed E-state index contributed by atoms with van der Waals surface area (Å²) in [5.41, 5.74) is 2.81. The van der Waals surface area contributed by atoms with Crippen LogP contribution in [0.15, 0.2) is 10.9 Å². The largest absolute Gasteiger partial charge is 0.476 e. The second-order valence-corrected chi connectivity index (χ2v) is 3.79. The monoisotopic (exact) mass is 233 g/mol. The number of hydrogen-bond donors (Lipinski definition) is 2. The van der Waals surface area contributed by atoms with Gasteiger partial charge < -0.3 is 9.84 Å². The first kappa shape index (κ1) is 10.5. The Kier molecular flexibility index (Phi) is 2.72. The molecule has 2 aliphatic rings. The van der Waals surface area contributed by atoms with Gasteiger partial charge in [-0.25, -0.2) is 4.79 Å². The third kappa shape index (κ3) is 1.75. The fraction of sp³-hybridized carbons (Fsp3) is 0.625. The van der Waals surface area contributed by atoms with Crippen molar-refractivity contribution < 1.29 is 14.6 Å². The summed E-state index contributed by atoms with van der Waals surface area (Å²) >= 11 is 5.79. The van der Waals surface area contributed by atoms with Gasteiger partial charge in [-0.05, 0) is 12.8 Å². The molecule has 2 aliphatic heterocycles. The van der Waals surface area contributed by atoms with Crippen LogP contribution in [0.2, 0.25) is 0 Å². The number of hydrazine groups is 2. The molecule has 1 atom stereocenters. The zero-order valence-corrected chi connectivity index (χ0v) is 8.99. The van der Waals surface area contributed by atoms with Crippen LogP contribution >= 0.6 is 11.6 Å². The van der Waals surface area contributed by atoms with Gasteiger partial charge in [0.2, 0.25) is 0 Å². The van der Waals surface area contributed by atoms with E-state index in [-0.39, 0.29) is 17.1 Å². The lowest BCUT2D eigenvalue weighted by Gasteiger charge is -2.30. The van der Waals surface area contributed by atoms with Gasteiger partial charge in [0.05, 0.1) is 0 Å². The van der Waals surface area contributed by atoms with Gasteiger partial charge in [0.15, 0.2) is 10.9 Å². The Bertz CT molecular complexity index is 314. The zero-order valence-electron chi connectivity index (χ0n) is 8.23. The van der Waals surface area contributed by atoms with Crippen LogP contribution in [0.4, 0.5) is 0 Å². The van der Waals surface area contributed by atoms with Gasteiger partial charge >= 0.3 is 5.97 Å². The van der Waals surface area contributed by atoms with Crippen LogP contribution < -0.4 is 5.43 Å². The van der Waals surface area contributed by atoms with Gasteiger partial charge in [0, 0.05) is 13.7 Å². The normalized spacial score (nSPS) is 27.3. The van der Waals surface area contributed by atoms with Crippen molar-refractivity contribution in [3.63, 3.8) is 0 Å². The fourth-order valence-electron chi connectivity index (χ4n) is 1.73. The summed E-state index contributed by atoms with van der Waals surface area (Å²) in [6.07, 6.45) is 1.67. The summed E-state index contributed by atoms with van der Waals surface area (Å²) < 4.78 is 5.43. The molecular weight excluding hydrogens is 222 g/mol. The van der Waals surface area contributed by atoms with Crippen LogP contribution in [0.1, 0.15) is 12.8 Å². The van der Waals surface area contributed by atoms with Crippen molar-refractivity contribution in [3.8, 4) is 0 Å². The highest BCUT2D eigenvalue weighted by Crippen LogP contribution is 2.26. The third-order valence-corrected chi connectivity index (χ3v) is 2.71. The van der Waals surface area contributed by atoms with Gasteiger partial charge in [-0.15, -0.1) is 5.12 Å². The lowest BCUT2D eigenvalue weighted by atomic mass is 10.3. The molecule has 0 aromatic carbocycles. The van der Waals surface area contributed by atoms with Crippen LogP contribution in [0.25, 0.3) is 0 Å². The highest BCUT2D eigenvalue weighted by molar-refractivity contribution is 6.31. The minimum absolute atomic E-state index is 0.0344. The van der Waals surface area contributed by atoms with E-state index in [0.29, 0.717) is 6.61 Å². The summed E-state index contributed by atoms with van der Waals surface area (Å²) in [7, 11) is 1.63. The first-order valence-electron chi connectivity index (χ1n) is 4.65. The van der Waals surface area contributed by atoms with Gasteiger partial charge in [-0.2, -0.15) is 0 Å². The van der Waals surface area contributed by atoms with Crippen molar-refractivity contribution in [3.05, 3.63) is 10.9 Å². The quantitative estimate of drug-likeness (QED) is 0.668. The molecule has 0 bridgehead atoms. The zero-order chi connectivity index (χ0) is 11.0. The van der Waals surface area contributed by atoms with Crippen molar-refractivity contribution in [2.45, 2.75) is 19.1 Å². The average Bonchev–Trinajstić information content (AvgIpc) is 2.72. The number of nitrogens with one attached hydrogen (secondary N) is 1. The van der Waals surface area contributed by atoms with E-state index in [4.69, 9.17) is 21.4 Å². The maximum atomic E-state index is 10.9. The maximum absolute atomic E-state index is 10.9. The van der Waals surface area contributed by atoms with Crippen molar-refractivity contribution in [1.29, 1.82) is 0 Å². The number of halogens is 1. The van der Waals surface area contributed by atoms with Crippen LogP contribution in [-0.4, -0.2) is 41.1 Å². The van der Waals surface area contributed by atoms with Crippen LogP contribution in [-0.2, 0) is 9.53 Å². The van der Waals surface area contributed by atoms with Gasteiger partial charge in [-0.3, -0.25) is 10.4 Å². The minimum Gasteiger partial charge on any atom is -0.476 e. The molecule has 15 heavy (non-hydrogen) atoms. The number of hydrogen-bond acceptors (Lipinski definition) is 5. The van der Waals surface area contributed by atoms with Crippen molar-refractivity contribution in [1.82, 2.24) is 15.6 Å². The van der Waals surface area contributed by atoms with E-state index in [2.05, 4.69) is 5.43 Å². The van der Waals surface area contributed by atoms with Crippen LogP contribution in [0.3, 0.4) is 0 Å². The highest BCUT2D eigenvalue weighted by atomic mass is 35.5. The minimum atomic E-state index is -1.06. The van der Waals surface area contributed by atoms with E-state index in [9.17, 15) is 4.79 Å². The van der Waals surface area contributed by atoms with E-state index in [1.54, 1.807) is 12.2 Å².